The first kappa shape index (κ1) is 37.7. The standard InChI is InChI=1S/C44H56FN7O2/c1-8-19-44(6,45)28(3)12-15-32-29(4)31(30-13-14-30)16-17-33(32)41-50-38(36(54-41)18-22-46)42(53)51-24-20-43(5,21-25-51)52-39(35-11-9-10-23-48-35)49-37(40(52)47-7)34-26-27(34)2/h9-12,15-17,23,27,30,34,47H,3,8,13-14,18-22,24-26,46H2,1-2,4-7H3/b15-12-. The van der Waals surface area contributed by atoms with E-state index in [1.807, 2.05) is 55.4 Å². The molecule has 3 N–H and O–H groups in total. The lowest BCUT2D eigenvalue weighted by atomic mass is 9.88. The molecular formula is C44H56FN7O2. The summed E-state index contributed by atoms with van der Waals surface area (Å²) in [6.07, 6.45) is 11.9. The van der Waals surface area contributed by atoms with Gasteiger partial charge in [-0.3, -0.25) is 9.78 Å². The van der Waals surface area contributed by atoms with Crippen LogP contribution in [-0.2, 0) is 12.0 Å². The van der Waals surface area contributed by atoms with E-state index in [9.17, 15) is 4.79 Å². The number of hydrogen-bond donors (Lipinski definition) is 2. The van der Waals surface area contributed by atoms with Gasteiger partial charge in [0.25, 0.3) is 5.91 Å². The van der Waals surface area contributed by atoms with Crippen LogP contribution in [0.3, 0.4) is 0 Å². The van der Waals surface area contributed by atoms with Gasteiger partial charge < -0.3 is 24.9 Å². The molecule has 3 unspecified atom stereocenters. The van der Waals surface area contributed by atoms with Crippen molar-refractivity contribution in [2.75, 3.05) is 32.0 Å². The van der Waals surface area contributed by atoms with Crippen LogP contribution in [0.25, 0.3) is 29.0 Å². The highest BCUT2D eigenvalue weighted by Crippen LogP contribution is 2.51. The van der Waals surface area contributed by atoms with E-state index >= 15 is 4.39 Å². The number of nitrogens with zero attached hydrogens (tertiary/aromatic N) is 5. The average molecular weight is 734 g/mol. The van der Waals surface area contributed by atoms with Crippen molar-refractivity contribution in [3.63, 3.8) is 0 Å². The van der Waals surface area contributed by atoms with E-state index in [0.29, 0.717) is 73.1 Å². The lowest BCUT2D eigenvalue weighted by Crippen LogP contribution is -2.47. The minimum atomic E-state index is -1.50. The Kier molecular flexibility index (Phi) is 10.4. The molecule has 3 fully saturated rings. The second kappa shape index (κ2) is 14.9. The number of oxazole rings is 1. The highest BCUT2D eigenvalue weighted by Gasteiger charge is 2.44. The summed E-state index contributed by atoms with van der Waals surface area (Å²) in [5.74, 6) is 4.15. The number of amides is 1. The highest BCUT2D eigenvalue weighted by molar-refractivity contribution is 5.94. The van der Waals surface area contributed by atoms with Crippen LogP contribution in [0.1, 0.15) is 123 Å². The fourth-order valence-corrected chi connectivity index (χ4v) is 8.30. The van der Waals surface area contributed by atoms with E-state index in [-0.39, 0.29) is 11.4 Å². The molecule has 3 aliphatic rings. The summed E-state index contributed by atoms with van der Waals surface area (Å²) in [5, 5.41) is 3.50. The maximum atomic E-state index is 15.4. The van der Waals surface area contributed by atoms with Gasteiger partial charge in [0.2, 0.25) is 5.89 Å². The Labute approximate surface area is 319 Å². The van der Waals surface area contributed by atoms with Gasteiger partial charge in [0.1, 0.15) is 22.9 Å². The number of benzene rings is 1. The van der Waals surface area contributed by atoms with Gasteiger partial charge in [-0.1, -0.05) is 51.1 Å². The van der Waals surface area contributed by atoms with E-state index in [0.717, 1.165) is 78.2 Å². The van der Waals surface area contributed by atoms with Crippen LogP contribution in [-0.4, -0.2) is 62.7 Å². The van der Waals surface area contributed by atoms with Crippen LogP contribution in [0.2, 0.25) is 0 Å². The monoisotopic (exact) mass is 733 g/mol. The van der Waals surface area contributed by atoms with Gasteiger partial charge in [-0.25, -0.2) is 14.4 Å². The Morgan fingerprint density at radius 2 is 1.94 bits per heavy atom. The van der Waals surface area contributed by atoms with Crippen LogP contribution >= 0.6 is 0 Å². The highest BCUT2D eigenvalue weighted by atomic mass is 19.1. The van der Waals surface area contributed by atoms with Crippen molar-refractivity contribution in [3.05, 3.63) is 88.6 Å². The maximum absolute atomic E-state index is 15.4. The second-order valence-electron chi connectivity index (χ2n) is 16.2. The summed E-state index contributed by atoms with van der Waals surface area (Å²) in [6, 6.07) is 10.1. The summed E-state index contributed by atoms with van der Waals surface area (Å²) < 4.78 is 24.2. The molecule has 4 heterocycles. The summed E-state index contributed by atoms with van der Waals surface area (Å²) >= 11 is 0. The number of allylic oxidation sites excluding steroid dienone is 2. The van der Waals surface area contributed by atoms with E-state index in [4.69, 9.17) is 25.1 Å². The third-order valence-corrected chi connectivity index (χ3v) is 12.1. The van der Waals surface area contributed by atoms with Crippen molar-refractivity contribution >= 4 is 17.8 Å². The van der Waals surface area contributed by atoms with Crippen LogP contribution in [0.4, 0.5) is 10.2 Å². The van der Waals surface area contributed by atoms with Crippen LogP contribution < -0.4 is 11.1 Å². The Bertz CT molecular complexity index is 2050. The number of likely N-dealkylation sites (tertiary alicyclic amines) is 1. The van der Waals surface area contributed by atoms with Gasteiger partial charge in [0.05, 0.1) is 5.69 Å². The van der Waals surface area contributed by atoms with E-state index in [1.165, 1.54) is 5.56 Å². The first-order valence-electron chi connectivity index (χ1n) is 19.8. The molecule has 2 saturated carbocycles. The minimum Gasteiger partial charge on any atom is -0.440 e. The third kappa shape index (κ3) is 7.17. The molecule has 4 aromatic rings. The number of nitrogens with two attached hydrogens (primary N) is 1. The summed E-state index contributed by atoms with van der Waals surface area (Å²) in [5.41, 5.74) is 11.0. The molecule has 54 heavy (non-hydrogen) atoms. The molecule has 1 aliphatic heterocycles. The largest absolute Gasteiger partial charge is 0.440 e. The fourth-order valence-electron chi connectivity index (χ4n) is 8.30. The van der Waals surface area contributed by atoms with Gasteiger partial charge >= 0.3 is 0 Å². The molecule has 2 aliphatic carbocycles. The van der Waals surface area contributed by atoms with Gasteiger partial charge in [-0.2, -0.15) is 0 Å². The maximum Gasteiger partial charge on any atom is 0.276 e. The molecule has 286 valence electrons. The lowest BCUT2D eigenvalue weighted by Gasteiger charge is -2.41. The topological polar surface area (TPSA) is 115 Å². The number of halogens is 1. The van der Waals surface area contributed by atoms with Gasteiger partial charge in [0.15, 0.2) is 11.5 Å². The second-order valence-corrected chi connectivity index (χ2v) is 16.2. The van der Waals surface area contributed by atoms with Crippen LogP contribution in [0.5, 0.6) is 0 Å². The Hall–Kier alpha value is -4.57. The molecular weight excluding hydrogens is 678 g/mol. The molecule has 3 aromatic heterocycles. The number of nitrogens with one attached hydrogen (secondary N) is 1. The normalized spacial score (nSPS) is 20.6. The predicted octanol–water partition coefficient (Wildman–Crippen LogP) is 9.20. The first-order chi connectivity index (χ1) is 25.9. The number of imidazole rings is 1. The number of hydrogen-bond acceptors (Lipinski definition) is 7. The fraction of sp³-hybridized carbons (Fsp3) is 0.500. The third-order valence-electron chi connectivity index (χ3n) is 12.1. The number of carbonyl (C=O) groups is 1. The number of pyridine rings is 1. The number of alkyl halides is 1. The molecule has 1 aromatic carbocycles. The molecule has 1 saturated heterocycles. The quantitative estimate of drug-likeness (QED) is 0.124. The Balaban J connectivity index is 1.18. The molecule has 0 radical (unpaired) electrons. The molecule has 10 heteroatoms. The van der Waals surface area contributed by atoms with Crippen molar-refractivity contribution in [2.24, 2.45) is 11.7 Å². The molecule has 9 nitrogen and oxygen atoms in total. The zero-order chi connectivity index (χ0) is 38.4. The van der Waals surface area contributed by atoms with Crippen molar-refractivity contribution in [3.8, 4) is 23.0 Å². The molecule has 3 atom stereocenters. The van der Waals surface area contributed by atoms with Crippen molar-refractivity contribution < 1.29 is 13.6 Å². The van der Waals surface area contributed by atoms with Gasteiger partial charge in [-0.15, -0.1) is 0 Å². The van der Waals surface area contributed by atoms with Crippen molar-refractivity contribution in [1.29, 1.82) is 0 Å². The SMILES string of the molecule is C=C(/C=C\c1c(-c2nc(C(=O)N3CCC(C)(n4c(-c5ccccn5)nc(C5CC5C)c4NC)CC3)c(CCN)o2)ccc(C2CC2)c1C)C(C)(F)CCC. The Morgan fingerprint density at radius 3 is 2.56 bits per heavy atom. The number of piperidine rings is 1. The molecule has 0 spiro atoms. The van der Waals surface area contributed by atoms with Gasteiger partial charge in [0, 0.05) is 49.8 Å². The van der Waals surface area contributed by atoms with Crippen LogP contribution in [0.15, 0.2) is 59.2 Å². The smallest absolute Gasteiger partial charge is 0.276 e. The minimum absolute atomic E-state index is 0.156. The Morgan fingerprint density at radius 1 is 1.20 bits per heavy atom. The number of carbonyl (C=O) groups excluding carboxylic acids is 1. The molecule has 1 amide bonds. The zero-order valence-corrected chi connectivity index (χ0v) is 32.8. The van der Waals surface area contributed by atoms with E-state index < -0.39 is 5.67 Å². The average Bonchev–Trinajstić information content (AvgIpc) is 4.06. The lowest BCUT2D eigenvalue weighted by molar-refractivity contribution is 0.0616. The predicted molar refractivity (Wildman–Crippen MR) is 214 cm³/mol. The molecule has 0 bridgehead atoms. The zero-order valence-electron chi connectivity index (χ0n) is 32.8. The summed E-state index contributed by atoms with van der Waals surface area (Å²) in [7, 11) is 1.97. The summed E-state index contributed by atoms with van der Waals surface area (Å²) in [6.45, 7) is 15.7. The number of aromatic nitrogens is 4. The molecule has 7 rings (SSSR count). The summed E-state index contributed by atoms with van der Waals surface area (Å²) in [4.78, 5) is 31.1. The van der Waals surface area contributed by atoms with E-state index in [2.05, 4.69) is 43.3 Å². The van der Waals surface area contributed by atoms with Crippen LogP contribution in [0, 0.1) is 12.8 Å². The van der Waals surface area contributed by atoms with Crippen molar-refractivity contribution in [2.45, 2.75) is 109 Å². The number of rotatable bonds is 14. The number of anilines is 1. The van der Waals surface area contributed by atoms with Crippen molar-refractivity contribution in [1.82, 2.24) is 24.4 Å². The van der Waals surface area contributed by atoms with Gasteiger partial charge in [-0.05, 0) is 118 Å². The van der Waals surface area contributed by atoms with E-state index in [1.54, 1.807) is 13.0 Å². The first-order valence-corrected chi connectivity index (χ1v) is 19.8.